The first-order valence-electron chi connectivity index (χ1n) is 9.81. The first kappa shape index (κ1) is 20.9. The lowest BCUT2D eigenvalue weighted by Gasteiger charge is -2.34. The predicted octanol–water partition coefficient (Wildman–Crippen LogP) is 2.28. The lowest BCUT2D eigenvalue weighted by molar-refractivity contribution is -0.128. The van der Waals surface area contributed by atoms with Gasteiger partial charge in [-0.2, -0.15) is 4.98 Å². The number of carbonyl (C=O) groups is 1. The third kappa shape index (κ3) is 4.38. The maximum absolute atomic E-state index is 12.7. The molecule has 0 unspecified atom stereocenters. The molecule has 162 valence electrons. The van der Waals surface area contributed by atoms with Crippen molar-refractivity contribution in [2.45, 2.75) is 26.5 Å². The molecule has 0 saturated heterocycles. The van der Waals surface area contributed by atoms with E-state index in [2.05, 4.69) is 15.5 Å². The molecule has 2 heterocycles. The van der Waals surface area contributed by atoms with Crippen molar-refractivity contribution in [3.05, 3.63) is 60.0 Å². The molecule has 0 bridgehead atoms. The van der Waals surface area contributed by atoms with Crippen LogP contribution in [0.15, 0.2) is 53.1 Å². The zero-order chi connectivity index (χ0) is 22.0. The molecule has 1 aliphatic rings. The van der Waals surface area contributed by atoms with Crippen molar-refractivity contribution in [3.8, 4) is 17.1 Å². The number of sulfonamides is 1. The summed E-state index contributed by atoms with van der Waals surface area (Å²) < 4.78 is 37.2. The molecule has 0 aliphatic carbocycles. The molecule has 0 fully saturated rings. The second kappa shape index (κ2) is 8.38. The summed E-state index contributed by atoms with van der Waals surface area (Å²) in [4.78, 5) is 17.0. The van der Waals surface area contributed by atoms with E-state index in [1.165, 1.54) is 4.31 Å². The normalized spacial score (nSPS) is 15.8. The van der Waals surface area contributed by atoms with Crippen molar-refractivity contribution >= 4 is 21.6 Å². The molecule has 0 radical (unpaired) electrons. The highest BCUT2D eigenvalue weighted by molar-refractivity contribution is 7.92. The van der Waals surface area contributed by atoms with E-state index in [0.717, 1.165) is 11.1 Å². The van der Waals surface area contributed by atoms with Crippen molar-refractivity contribution in [1.82, 2.24) is 15.5 Å². The summed E-state index contributed by atoms with van der Waals surface area (Å²) in [6.45, 7) is 3.43. The monoisotopic (exact) mass is 442 g/mol. The maximum Gasteiger partial charge on any atom is 0.263 e. The zero-order valence-corrected chi connectivity index (χ0v) is 17.9. The minimum atomic E-state index is -3.57. The summed E-state index contributed by atoms with van der Waals surface area (Å²) in [6, 6.07) is 14.4. The van der Waals surface area contributed by atoms with Gasteiger partial charge in [0.05, 0.1) is 24.5 Å². The molecule has 0 saturated carbocycles. The molecule has 4 rings (SSSR count). The van der Waals surface area contributed by atoms with Crippen molar-refractivity contribution in [1.29, 1.82) is 0 Å². The summed E-state index contributed by atoms with van der Waals surface area (Å²) >= 11 is 0. The number of para-hydroxylation sites is 2. The molecule has 2 aromatic carbocycles. The van der Waals surface area contributed by atoms with Crippen molar-refractivity contribution < 1.29 is 22.5 Å². The molecule has 0 spiro atoms. The van der Waals surface area contributed by atoms with Crippen LogP contribution in [0.1, 0.15) is 18.4 Å². The van der Waals surface area contributed by atoms with E-state index in [1.807, 2.05) is 31.2 Å². The van der Waals surface area contributed by atoms with Gasteiger partial charge >= 0.3 is 0 Å². The van der Waals surface area contributed by atoms with E-state index in [1.54, 1.807) is 31.2 Å². The quantitative estimate of drug-likeness (QED) is 0.623. The van der Waals surface area contributed by atoms with Gasteiger partial charge in [-0.15, -0.1) is 0 Å². The van der Waals surface area contributed by atoms with Gasteiger partial charge in [0.25, 0.3) is 5.91 Å². The second-order valence-electron chi connectivity index (χ2n) is 7.10. The Morgan fingerprint density at radius 3 is 2.68 bits per heavy atom. The lowest BCUT2D eigenvalue weighted by Crippen LogP contribution is -2.50. The van der Waals surface area contributed by atoms with E-state index < -0.39 is 22.0 Å². The molecule has 31 heavy (non-hydrogen) atoms. The minimum Gasteiger partial charge on any atom is -0.476 e. The Bertz CT molecular complexity index is 1190. The average molecular weight is 442 g/mol. The number of aryl methyl sites for hydroxylation is 1. The van der Waals surface area contributed by atoms with E-state index in [9.17, 15) is 13.2 Å². The topological polar surface area (TPSA) is 115 Å². The van der Waals surface area contributed by atoms with Crippen LogP contribution in [0.25, 0.3) is 11.4 Å². The van der Waals surface area contributed by atoms with Gasteiger partial charge in [-0.05, 0) is 26.0 Å². The number of hydrogen-bond acceptors (Lipinski definition) is 7. The Morgan fingerprint density at radius 2 is 1.94 bits per heavy atom. The summed E-state index contributed by atoms with van der Waals surface area (Å²) in [5.41, 5.74) is 2.35. The Balaban J connectivity index is 1.45. The van der Waals surface area contributed by atoms with Crippen LogP contribution in [-0.2, 0) is 21.4 Å². The SMILES string of the molecule is CCS(=O)(=O)N1C[C@@H](C(=O)NCc2nc(-c3ccc(C)cc3)no2)Oc2ccccc21. The molecule has 3 aromatic rings. The molecule has 1 aromatic heterocycles. The first-order chi connectivity index (χ1) is 14.9. The molecule has 1 atom stereocenters. The summed E-state index contributed by atoms with van der Waals surface area (Å²) in [5.74, 6) is 0.441. The smallest absolute Gasteiger partial charge is 0.263 e. The van der Waals surface area contributed by atoms with Crippen molar-refractivity contribution in [2.24, 2.45) is 0 Å². The fraction of sp³-hybridized carbons (Fsp3) is 0.286. The van der Waals surface area contributed by atoms with Crippen LogP contribution in [0.2, 0.25) is 0 Å². The fourth-order valence-electron chi connectivity index (χ4n) is 3.18. The van der Waals surface area contributed by atoms with Crippen LogP contribution in [-0.4, -0.2) is 42.9 Å². The van der Waals surface area contributed by atoms with Gasteiger partial charge in [0.1, 0.15) is 5.75 Å². The van der Waals surface area contributed by atoms with Gasteiger partial charge in [0, 0.05) is 5.56 Å². The van der Waals surface area contributed by atoms with Crippen LogP contribution in [0, 0.1) is 6.92 Å². The molecular formula is C21H22N4O5S. The van der Waals surface area contributed by atoms with E-state index >= 15 is 0 Å². The lowest BCUT2D eigenvalue weighted by atomic mass is 10.1. The Labute approximate surface area is 180 Å². The summed E-state index contributed by atoms with van der Waals surface area (Å²) in [6.07, 6.45) is -1.00. The molecule has 1 amide bonds. The third-order valence-electron chi connectivity index (χ3n) is 4.92. The van der Waals surface area contributed by atoms with Gasteiger partial charge < -0.3 is 14.6 Å². The third-order valence-corrected chi connectivity index (χ3v) is 6.67. The maximum atomic E-state index is 12.7. The van der Waals surface area contributed by atoms with Crippen LogP contribution < -0.4 is 14.4 Å². The van der Waals surface area contributed by atoms with E-state index in [-0.39, 0.29) is 24.7 Å². The van der Waals surface area contributed by atoms with Crippen LogP contribution in [0.3, 0.4) is 0 Å². The number of ether oxygens (including phenoxy) is 1. The Kier molecular flexibility index (Phi) is 5.64. The minimum absolute atomic E-state index is 0.000269. The number of benzene rings is 2. The zero-order valence-electron chi connectivity index (χ0n) is 17.1. The Hall–Kier alpha value is -3.40. The molecular weight excluding hydrogens is 420 g/mol. The Morgan fingerprint density at radius 1 is 1.19 bits per heavy atom. The number of rotatable bonds is 6. The van der Waals surface area contributed by atoms with Gasteiger partial charge in [-0.3, -0.25) is 9.10 Å². The van der Waals surface area contributed by atoms with E-state index in [4.69, 9.17) is 9.26 Å². The van der Waals surface area contributed by atoms with Crippen molar-refractivity contribution in [2.75, 3.05) is 16.6 Å². The number of aromatic nitrogens is 2. The number of nitrogens with one attached hydrogen (secondary N) is 1. The highest BCUT2D eigenvalue weighted by Gasteiger charge is 2.35. The fourth-order valence-corrected chi connectivity index (χ4v) is 4.31. The number of fused-ring (bicyclic) bond motifs is 1. The molecule has 1 N–H and O–H groups in total. The average Bonchev–Trinajstić information content (AvgIpc) is 3.26. The highest BCUT2D eigenvalue weighted by Crippen LogP contribution is 2.35. The summed E-state index contributed by atoms with van der Waals surface area (Å²) in [5, 5.41) is 6.62. The largest absolute Gasteiger partial charge is 0.476 e. The van der Waals surface area contributed by atoms with Gasteiger partial charge in [0.2, 0.25) is 21.7 Å². The van der Waals surface area contributed by atoms with Gasteiger partial charge in [-0.1, -0.05) is 47.1 Å². The summed E-state index contributed by atoms with van der Waals surface area (Å²) in [7, 11) is -3.57. The van der Waals surface area contributed by atoms with Gasteiger partial charge in [-0.25, -0.2) is 8.42 Å². The number of amides is 1. The molecule has 10 heteroatoms. The second-order valence-corrected chi connectivity index (χ2v) is 9.28. The first-order valence-corrected chi connectivity index (χ1v) is 11.4. The molecule has 9 nitrogen and oxygen atoms in total. The van der Waals surface area contributed by atoms with Crippen LogP contribution >= 0.6 is 0 Å². The number of carbonyl (C=O) groups excluding carboxylic acids is 1. The van der Waals surface area contributed by atoms with Crippen molar-refractivity contribution in [3.63, 3.8) is 0 Å². The van der Waals surface area contributed by atoms with Gasteiger partial charge in [0.15, 0.2) is 6.10 Å². The van der Waals surface area contributed by atoms with Crippen LogP contribution in [0.4, 0.5) is 5.69 Å². The van der Waals surface area contributed by atoms with E-state index in [0.29, 0.717) is 17.3 Å². The number of hydrogen-bond donors (Lipinski definition) is 1. The van der Waals surface area contributed by atoms with Crippen LogP contribution in [0.5, 0.6) is 5.75 Å². The highest BCUT2D eigenvalue weighted by atomic mass is 32.2. The standard InChI is InChI=1S/C21H22N4O5S/c1-3-31(27,28)25-13-18(29-17-7-5-4-6-16(17)25)21(26)22-12-19-23-20(24-30-19)15-10-8-14(2)9-11-15/h4-11,18H,3,12-13H2,1-2H3,(H,22,26)/t18-/m0/s1. The molecule has 1 aliphatic heterocycles. The number of nitrogens with zero attached hydrogens (tertiary/aromatic N) is 3. The predicted molar refractivity (Wildman–Crippen MR) is 114 cm³/mol. The number of anilines is 1.